The normalized spacial score (nSPS) is 17.9. The first kappa shape index (κ1) is 26.7. The first-order valence-corrected chi connectivity index (χ1v) is 12.8. The molecule has 0 spiro atoms. The summed E-state index contributed by atoms with van der Waals surface area (Å²) >= 11 is 0. The third-order valence-corrected chi connectivity index (χ3v) is 7.15. The molecule has 206 valence electrons. The van der Waals surface area contributed by atoms with E-state index in [1.807, 2.05) is 56.3 Å². The molecular weight excluding hydrogens is 513 g/mol. The Labute approximate surface area is 230 Å². The molecule has 1 aromatic heterocycles. The minimum Gasteiger partial charge on any atom is -0.505 e. The molecule has 0 saturated heterocycles. The highest BCUT2D eigenvalue weighted by Gasteiger charge is 2.27. The van der Waals surface area contributed by atoms with E-state index in [4.69, 9.17) is 10.5 Å². The van der Waals surface area contributed by atoms with Crippen LogP contribution in [-0.4, -0.2) is 40.6 Å². The maximum absolute atomic E-state index is 14.6. The van der Waals surface area contributed by atoms with Crippen LogP contribution in [0.1, 0.15) is 41.1 Å². The van der Waals surface area contributed by atoms with E-state index in [2.05, 4.69) is 15.6 Å². The molecule has 0 radical (unpaired) electrons. The molecule has 0 unspecified atom stereocenters. The number of likely N-dealkylation sites (N-methyl/N-ethyl adjacent to an activating group) is 1. The molecule has 0 aliphatic carbocycles. The number of hydrogen-bond donors (Lipinski definition) is 4. The highest BCUT2D eigenvalue weighted by Crippen LogP contribution is 2.32. The lowest BCUT2D eigenvalue weighted by molar-refractivity contribution is -0.131. The van der Waals surface area contributed by atoms with Gasteiger partial charge < -0.3 is 25.8 Å². The Balaban J connectivity index is 1.58. The van der Waals surface area contributed by atoms with Gasteiger partial charge >= 0.3 is 6.09 Å². The van der Waals surface area contributed by atoms with Crippen LogP contribution in [-0.2, 0) is 16.1 Å². The van der Waals surface area contributed by atoms with Crippen LogP contribution < -0.4 is 16.4 Å². The smallest absolute Gasteiger partial charge is 0.411 e. The number of halogens is 1. The minimum absolute atomic E-state index is 0.0951. The van der Waals surface area contributed by atoms with Gasteiger partial charge in [0.25, 0.3) is 0 Å². The van der Waals surface area contributed by atoms with Crippen molar-refractivity contribution >= 4 is 40.0 Å². The number of benzene rings is 3. The van der Waals surface area contributed by atoms with Crippen LogP contribution in [0.2, 0.25) is 0 Å². The van der Waals surface area contributed by atoms with Gasteiger partial charge in [-0.2, -0.15) is 0 Å². The summed E-state index contributed by atoms with van der Waals surface area (Å²) in [6, 6.07) is 14.8. The lowest BCUT2D eigenvalue weighted by Crippen LogP contribution is -2.35. The second kappa shape index (κ2) is 10.7. The highest BCUT2D eigenvalue weighted by atomic mass is 19.1. The summed E-state index contributed by atoms with van der Waals surface area (Å²) in [4.78, 5) is 31.9. The van der Waals surface area contributed by atoms with Crippen molar-refractivity contribution in [2.75, 3.05) is 30.0 Å². The lowest BCUT2D eigenvalue weighted by atomic mass is 9.93. The fraction of sp³-hybridized carbons (Fsp3) is 0.233. The van der Waals surface area contributed by atoms with Crippen LogP contribution in [0.25, 0.3) is 10.8 Å². The number of rotatable bonds is 2. The zero-order valence-electron chi connectivity index (χ0n) is 22.4. The molecule has 3 aromatic carbocycles. The van der Waals surface area contributed by atoms with Crippen molar-refractivity contribution in [3.05, 3.63) is 88.9 Å². The second-order valence-corrected chi connectivity index (χ2v) is 10.1. The number of phenols is 1. The maximum Gasteiger partial charge on any atom is 0.411 e. The van der Waals surface area contributed by atoms with Crippen molar-refractivity contribution in [2.24, 2.45) is 0 Å². The molecule has 6 rings (SSSR count). The van der Waals surface area contributed by atoms with Crippen molar-refractivity contribution < 1.29 is 23.8 Å². The molecule has 0 fully saturated rings. The lowest BCUT2D eigenvalue weighted by Gasteiger charge is -2.27. The minimum atomic E-state index is -0.923. The van der Waals surface area contributed by atoms with Gasteiger partial charge in [0.1, 0.15) is 11.9 Å². The number of amides is 2. The summed E-state index contributed by atoms with van der Waals surface area (Å²) in [5.41, 5.74) is 9.56. The molecule has 2 aliphatic rings. The topological polar surface area (TPSA) is 130 Å². The molecule has 9 nitrogen and oxygen atoms in total. The SMILES string of the molecule is Cc1cc2ccc1[C@@H](C)COC(=O)Nc1cc(F)c(O)c(c1)CN(C)C(=O)[C@@H]2Nc1ccc2c(N)nccc2c1. The van der Waals surface area contributed by atoms with Crippen molar-refractivity contribution in [3.63, 3.8) is 0 Å². The summed E-state index contributed by atoms with van der Waals surface area (Å²) in [5.74, 6) is -1.55. The monoisotopic (exact) mass is 543 g/mol. The average Bonchev–Trinajstić information content (AvgIpc) is 2.92. The van der Waals surface area contributed by atoms with Gasteiger partial charge in [-0.15, -0.1) is 0 Å². The zero-order chi connectivity index (χ0) is 28.6. The number of phenolic OH excluding ortho intramolecular Hbond substituents is 1. The first-order valence-electron chi connectivity index (χ1n) is 12.8. The fourth-order valence-corrected chi connectivity index (χ4v) is 5.02. The summed E-state index contributed by atoms with van der Waals surface area (Å²) in [6.07, 6.45) is 0.882. The van der Waals surface area contributed by atoms with Crippen molar-refractivity contribution in [2.45, 2.75) is 32.4 Å². The number of aryl methyl sites for hydroxylation is 1. The number of fused-ring (bicyclic) bond motifs is 10. The molecule has 4 aromatic rings. The number of nitrogen functional groups attached to an aromatic ring is 1. The summed E-state index contributed by atoms with van der Waals surface area (Å²) in [5, 5.41) is 17.9. The van der Waals surface area contributed by atoms with Gasteiger partial charge in [-0.25, -0.2) is 14.2 Å². The predicted octanol–water partition coefficient (Wildman–Crippen LogP) is 5.45. The number of nitrogens with one attached hydrogen (secondary N) is 2. The molecule has 0 saturated carbocycles. The Morgan fingerprint density at radius 3 is 2.73 bits per heavy atom. The number of carbonyl (C=O) groups is 2. The number of aromatic nitrogens is 1. The van der Waals surface area contributed by atoms with E-state index in [0.29, 0.717) is 11.5 Å². The number of carbonyl (C=O) groups excluding carboxylic acids is 2. The quantitative estimate of drug-likeness (QED) is 0.248. The van der Waals surface area contributed by atoms with E-state index in [1.165, 1.54) is 11.0 Å². The Kier molecular flexibility index (Phi) is 7.17. The van der Waals surface area contributed by atoms with Crippen molar-refractivity contribution in [1.82, 2.24) is 9.88 Å². The van der Waals surface area contributed by atoms with Crippen LogP contribution in [0, 0.1) is 12.7 Å². The second-order valence-electron chi connectivity index (χ2n) is 10.1. The number of pyridine rings is 1. The molecule has 2 atom stereocenters. The van der Waals surface area contributed by atoms with Crippen LogP contribution in [0.15, 0.2) is 60.8 Å². The zero-order valence-corrected chi connectivity index (χ0v) is 22.4. The van der Waals surface area contributed by atoms with Gasteiger partial charge in [-0.3, -0.25) is 10.1 Å². The number of hydrogen-bond acceptors (Lipinski definition) is 7. The first-order chi connectivity index (χ1) is 19.1. The third-order valence-electron chi connectivity index (χ3n) is 7.15. The van der Waals surface area contributed by atoms with Crippen LogP contribution in [0.3, 0.4) is 0 Å². The molecule has 10 heteroatoms. The Hall–Kier alpha value is -4.86. The van der Waals surface area contributed by atoms with Gasteiger partial charge in [0.05, 0.1) is 6.61 Å². The Bertz CT molecular complexity index is 1630. The van der Waals surface area contributed by atoms with Gasteiger partial charge in [-0.1, -0.05) is 25.1 Å². The third kappa shape index (κ3) is 5.33. The van der Waals surface area contributed by atoms with Gasteiger partial charge in [0, 0.05) is 54.1 Å². The van der Waals surface area contributed by atoms with Crippen molar-refractivity contribution in [3.8, 4) is 5.75 Å². The van der Waals surface area contributed by atoms with Crippen LogP contribution >= 0.6 is 0 Å². The molecule has 40 heavy (non-hydrogen) atoms. The van der Waals surface area contributed by atoms with Crippen molar-refractivity contribution in [1.29, 1.82) is 0 Å². The van der Waals surface area contributed by atoms with E-state index >= 15 is 0 Å². The van der Waals surface area contributed by atoms with E-state index in [0.717, 1.165) is 33.5 Å². The Morgan fingerprint density at radius 1 is 1.15 bits per heavy atom. The predicted molar refractivity (Wildman–Crippen MR) is 152 cm³/mol. The van der Waals surface area contributed by atoms with Crippen LogP contribution in [0.5, 0.6) is 5.75 Å². The largest absolute Gasteiger partial charge is 0.505 e. The van der Waals surface area contributed by atoms with E-state index in [1.54, 1.807) is 13.2 Å². The standard InChI is InChI=1S/C30H30FN5O4/c1-16-10-19-4-6-23(16)17(2)15-40-30(39)35-22-12-20(27(37)25(31)13-22)14-36(3)29(38)26(19)34-21-5-7-24-18(11-21)8-9-33-28(24)32/h4-13,17,26,34,37H,14-15H2,1-3H3,(H2,32,33)(H,35,39)/t17-,26+/m0/s1. The highest BCUT2D eigenvalue weighted by molar-refractivity contribution is 5.94. The summed E-state index contributed by atoms with van der Waals surface area (Å²) in [6.45, 7) is 3.86. The van der Waals surface area contributed by atoms with E-state index < -0.39 is 23.7 Å². The van der Waals surface area contributed by atoms with E-state index in [-0.39, 0.29) is 36.2 Å². The number of nitrogens with two attached hydrogens (primary N) is 1. The number of ether oxygens (including phenoxy) is 1. The fourth-order valence-electron chi connectivity index (χ4n) is 5.02. The summed E-state index contributed by atoms with van der Waals surface area (Å²) < 4.78 is 19.9. The van der Waals surface area contributed by atoms with Crippen LogP contribution in [0.4, 0.5) is 26.4 Å². The van der Waals surface area contributed by atoms with Gasteiger partial charge in [0.2, 0.25) is 5.91 Å². The summed E-state index contributed by atoms with van der Waals surface area (Å²) in [7, 11) is 1.57. The molecule has 2 aliphatic heterocycles. The molecular formula is C30H30FN5O4. The molecule has 4 bridgehead atoms. The molecule has 2 amide bonds. The molecule has 3 heterocycles. The Morgan fingerprint density at radius 2 is 1.95 bits per heavy atom. The average molecular weight is 544 g/mol. The molecule has 5 N–H and O–H groups in total. The van der Waals surface area contributed by atoms with Gasteiger partial charge in [-0.05, 0) is 59.3 Å². The van der Waals surface area contributed by atoms with Gasteiger partial charge in [0.15, 0.2) is 11.6 Å². The number of nitrogens with zero attached hydrogens (tertiary/aromatic N) is 2. The number of aromatic hydroxyl groups is 1. The number of anilines is 3. The maximum atomic E-state index is 14.6. The van der Waals surface area contributed by atoms with E-state index in [9.17, 15) is 19.1 Å².